The first kappa shape index (κ1) is 15.8. The largest absolute Gasteiger partial charge is 0.453 e. The number of hydrogen-bond acceptors (Lipinski definition) is 2. The van der Waals surface area contributed by atoms with E-state index in [4.69, 9.17) is 4.42 Å². The van der Waals surface area contributed by atoms with E-state index >= 15 is 0 Å². The summed E-state index contributed by atoms with van der Waals surface area (Å²) in [6, 6.07) is 10.7. The maximum atomic E-state index is 6.43. The van der Waals surface area contributed by atoms with Crippen molar-refractivity contribution in [2.75, 3.05) is 0 Å². The van der Waals surface area contributed by atoms with Crippen LogP contribution in [0, 0.1) is 13.8 Å². The van der Waals surface area contributed by atoms with Gasteiger partial charge in [0.25, 0.3) is 0 Å². The Hall–Kier alpha value is -2.68. The second kappa shape index (κ2) is 5.69. The maximum Gasteiger partial charge on any atom is 0.216 e. The molecule has 0 saturated carbocycles. The van der Waals surface area contributed by atoms with E-state index in [-0.39, 0.29) is 0 Å². The van der Waals surface area contributed by atoms with Crippen LogP contribution in [0.3, 0.4) is 0 Å². The molecule has 0 unspecified atom stereocenters. The Labute approximate surface area is 147 Å². The number of nitrogens with zero attached hydrogens (tertiary/aromatic N) is 2. The summed E-state index contributed by atoms with van der Waals surface area (Å²) in [6.07, 6.45) is 3.99. The van der Waals surface area contributed by atoms with Crippen molar-refractivity contribution < 1.29 is 8.98 Å². The molecular weight excluding hydrogens is 308 g/mol. The Morgan fingerprint density at radius 3 is 2.60 bits per heavy atom. The van der Waals surface area contributed by atoms with Gasteiger partial charge in [0.1, 0.15) is 12.6 Å². The molecule has 3 aromatic heterocycles. The van der Waals surface area contributed by atoms with Crippen LogP contribution in [-0.2, 0) is 7.05 Å². The van der Waals surface area contributed by atoms with Crippen molar-refractivity contribution in [1.82, 2.24) is 4.98 Å². The van der Waals surface area contributed by atoms with Crippen molar-refractivity contribution >= 4 is 22.1 Å². The zero-order chi connectivity index (χ0) is 17.7. The molecule has 4 rings (SSSR count). The van der Waals surface area contributed by atoms with E-state index in [1.165, 1.54) is 16.7 Å². The molecule has 25 heavy (non-hydrogen) atoms. The molecule has 0 atom stereocenters. The fourth-order valence-electron chi connectivity index (χ4n) is 3.53. The molecule has 0 amide bonds. The second-order valence-corrected chi connectivity index (χ2v) is 7.17. The minimum absolute atomic E-state index is 0.394. The van der Waals surface area contributed by atoms with Gasteiger partial charge in [-0.2, -0.15) is 0 Å². The third-order valence-corrected chi connectivity index (χ3v) is 4.94. The molecule has 0 bridgehead atoms. The highest BCUT2D eigenvalue weighted by molar-refractivity contribution is 6.08. The molecule has 0 N–H and O–H groups in total. The lowest BCUT2D eigenvalue weighted by Crippen LogP contribution is -2.30. The minimum Gasteiger partial charge on any atom is -0.453 e. The van der Waals surface area contributed by atoms with Gasteiger partial charge in [0.2, 0.25) is 5.69 Å². The molecule has 0 aliphatic heterocycles. The minimum atomic E-state index is 0.394. The first-order valence-corrected chi connectivity index (χ1v) is 8.74. The molecule has 0 radical (unpaired) electrons. The van der Waals surface area contributed by atoms with E-state index in [0.717, 1.165) is 33.3 Å². The Morgan fingerprint density at radius 1 is 1.04 bits per heavy atom. The van der Waals surface area contributed by atoms with Gasteiger partial charge in [0, 0.05) is 29.3 Å². The molecule has 4 aromatic rings. The van der Waals surface area contributed by atoms with Gasteiger partial charge in [-0.15, -0.1) is 0 Å². The van der Waals surface area contributed by atoms with Gasteiger partial charge in [0.15, 0.2) is 17.4 Å². The Kier molecular flexibility index (Phi) is 3.60. The lowest BCUT2D eigenvalue weighted by molar-refractivity contribution is -0.660. The van der Waals surface area contributed by atoms with Gasteiger partial charge in [0.05, 0.1) is 5.56 Å². The van der Waals surface area contributed by atoms with Crippen LogP contribution < -0.4 is 4.57 Å². The first-order chi connectivity index (χ1) is 12.0. The summed E-state index contributed by atoms with van der Waals surface area (Å²) < 4.78 is 8.58. The lowest BCUT2D eigenvalue weighted by atomic mass is 10.00. The molecule has 0 aliphatic rings. The fourth-order valence-corrected chi connectivity index (χ4v) is 3.53. The van der Waals surface area contributed by atoms with Gasteiger partial charge in [-0.25, -0.2) is 4.57 Å². The van der Waals surface area contributed by atoms with Crippen molar-refractivity contribution in [2.24, 2.45) is 7.05 Å². The van der Waals surface area contributed by atoms with Crippen LogP contribution in [-0.4, -0.2) is 4.98 Å². The van der Waals surface area contributed by atoms with E-state index in [1.54, 1.807) is 0 Å². The number of aryl methyl sites for hydroxylation is 3. The molecular formula is C22H23N2O+. The molecule has 1 aromatic carbocycles. The highest BCUT2D eigenvalue weighted by Gasteiger charge is 2.22. The summed E-state index contributed by atoms with van der Waals surface area (Å²) in [7, 11) is 2.08. The smallest absolute Gasteiger partial charge is 0.216 e. The van der Waals surface area contributed by atoms with Crippen molar-refractivity contribution in [1.29, 1.82) is 0 Å². The highest BCUT2D eigenvalue weighted by atomic mass is 16.3. The Bertz CT molecular complexity index is 1110. The van der Waals surface area contributed by atoms with Crippen LogP contribution in [0.5, 0.6) is 0 Å². The summed E-state index contributed by atoms with van der Waals surface area (Å²) in [5.74, 6) is 0.394. The quantitative estimate of drug-likeness (QED) is 0.472. The molecule has 3 heterocycles. The van der Waals surface area contributed by atoms with Crippen molar-refractivity contribution in [3.05, 3.63) is 59.4 Å². The van der Waals surface area contributed by atoms with E-state index in [2.05, 4.69) is 80.8 Å². The maximum absolute atomic E-state index is 6.43. The Morgan fingerprint density at radius 2 is 1.84 bits per heavy atom. The van der Waals surface area contributed by atoms with Gasteiger partial charge < -0.3 is 4.42 Å². The molecule has 0 spiro atoms. The molecule has 126 valence electrons. The van der Waals surface area contributed by atoms with Crippen molar-refractivity contribution in [2.45, 2.75) is 33.6 Å². The number of aromatic nitrogens is 2. The average molecular weight is 331 g/mol. The topological polar surface area (TPSA) is 29.9 Å². The number of furan rings is 1. The Balaban J connectivity index is 2.15. The first-order valence-electron chi connectivity index (χ1n) is 8.74. The lowest BCUT2D eigenvalue weighted by Gasteiger charge is -2.06. The number of rotatable bonds is 2. The van der Waals surface area contributed by atoms with Crippen LogP contribution >= 0.6 is 0 Å². The van der Waals surface area contributed by atoms with Crippen LogP contribution in [0.15, 0.2) is 47.1 Å². The molecule has 3 nitrogen and oxygen atoms in total. The van der Waals surface area contributed by atoms with Crippen LogP contribution in [0.1, 0.15) is 36.5 Å². The van der Waals surface area contributed by atoms with E-state index < -0.39 is 0 Å². The summed E-state index contributed by atoms with van der Waals surface area (Å²) in [5.41, 5.74) is 8.76. The zero-order valence-electron chi connectivity index (χ0n) is 15.4. The number of benzene rings is 1. The SMILES string of the molecule is Cc1cc[n+](C)c(-c2c(C)ccc3c2oc2c(C(C)C)ccnc23)c1. The zero-order valence-corrected chi connectivity index (χ0v) is 15.4. The van der Waals surface area contributed by atoms with Crippen LogP contribution in [0.4, 0.5) is 0 Å². The fraction of sp³-hybridized carbons (Fsp3) is 0.273. The second-order valence-electron chi connectivity index (χ2n) is 7.17. The summed E-state index contributed by atoms with van der Waals surface area (Å²) in [4.78, 5) is 4.62. The van der Waals surface area contributed by atoms with Gasteiger partial charge in [-0.1, -0.05) is 19.9 Å². The number of fused-ring (bicyclic) bond motifs is 3. The normalized spacial score (nSPS) is 11.8. The highest BCUT2D eigenvalue weighted by Crippen LogP contribution is 2.38. The van der Waals surface area contributed by atoms with Gasteiger partial charge in [-0.05, 0) is 43.0 Å². The van der Waals surface area contributed by atoms with E-state index in [0.29, 0.717) is 5.92 Å². The van der Waals surface area contributed by atoms with Crippen molar-refractivity contribution in [3.8, 4) is 11.3 Å². The predicted molar refractivity (Wildman–Crippen MR) is 102 cm³/mol. The van der Waals surface area contributed by atoms with Crippen molar-refractivity contribution in [3.63, 3.8) is 0 Å². The predicted octanol–water partition coefficient (Wildman–Crippen LogP) is 5.21. The summed E-state index contributed by atoms with van der Waals surface area (Å²) in [6.45, 7) is 8.64. The number of pyridine rings is 2. The summed E-state index contributed by atoms with van der Waals surface area (Å²) >= 11 is 0. The van der Waals surface area contributed by atoms with Gasteiger partial charge in [-0.3, -0.25) is 4.98 Å². The number of hydrogen-bond donors (Lipinski definition) is 0. The van der Waals surface area contributed by atoms with E-state index in [9.17, 15) is 0 Å². The average Bonchev–Trinajstić information content (AvgIpc) is 2.95. The molecule has 0 fully saturated rings. The van der Waals surface area contributed by atoms with Gasteiger partial charge >= 0.3 is 0 Å². The molecule has 3 heteroatoms. The molecule has 0 saturated heterocycles. The van der Waals surface area contributed by atoms with Crippen LogP contribution in [0.25, 0.3) is 33.3 Å². The van der Waals surface area contributed by atoms with Crippen LogP contribution in [0.2, 0.25) is 0 Å². The summed E-state index contributed by atoms with van der Waals surface area (Å²) in [5, 5.41) is 1.08. The third-order valence-electron chi connectivity index (χ3n) is 4.94. The standard InChI is InChI=1S/C22H23N2O/c1-13(2)16-8-10-23-20-17-7-6-15(4)19(21(17)25-22(16)20)18-12-14(3)9-11-24(18)5/h6-13H,1-5H3/q+1. The van der Waals surface area contributed by atoms with E-state index in [1.807, 2.05) is 6.20 Å². The monoisotopic (exact) mass is 331 g/mol. The molecule has 0 aliphatic carbocycles. The third kappa shape index (κ3) is 2.42.